The van der Waals surface area contributed by atoms with Gasteiger partial charge in [-0.2, -0.15) is 0 Å². The minimum absolute atomic E-state index is 0.140. The summed E-state index contributed by atoms with van der Waals surface area (Å²) < 4.78 is 5.30. The third-order valence-electron chi connectivity index (χ3n) is 4.14. The van der Waals surface area contributed by atoms with Crippen molar-refractivity contribution >= 4 is 6.03 Å². The molecule has 0 heterocycles. The molecule has 2 amide bonds. The van der Waals surface area contributed by atoms with Crippen LogP contribution in [-0.2, 0) is 6.42 Å². The monoisotopic (exact) mass is 306 g/mol. The van der Waals surface area contributed by atoms with Crippen LogP contribution in [0.25, 0.3) is 0 Å². The van der Waals surface area contributed by atoms with Gasteiger partial charge in [-0.3, -0.25) is 0 Å². The van der Waals surface area contributed by atoms with Crippen molar-refractivity contribution in [2.75, 3.05) is 27.2 Å². The number of rotatable bonds is 7. The van der Waals surface area contributed by atoms with Crippen molar-refractivity contribution in [2.45, 2.75) is 32.3 Å². The minimum Gasteiger partial charge on any atom is -0.496 e. The van der Waals surface area contributed by atoms with Gasteiger partial charge in [0.15, 0.2) is 0 Å². The Labute approximate surface area is 132 Å². The van der Waals surface area contributed by atoms with Crippen LogP contribution in [0.1, 0.15) is 24.0 Å². The number of urea groups is 1. The molecule has 1 aromatic carbocycles. The number of amides is 2. The molecule has 1 unspecified atom stereocenters. The van der Waals surface area contributed by atoms with Gasteiger partial charge in [-0.1, -0.05) is 12.1 Å². The zero-order valence-electron chi connectivity index (χ0n) is 13.6. The third-order valence-corrected chi connectivity index (χ3v) is 4.14. The van der Waals surface area contributed by atoms with E-state index < -0.39 is 6.10 Å². The summed E-state index contributed by atoms with van der Waals surface area (Å²) in [5.41, 5.74) is 2.23. The highest BCUT2D eigenvalue weighted by atomic mass is 16.5. The normalized spacial score (nSPS) is 15.3. The molecule has 1 aromatic rings. The number of hydrogen-bond donors (Lipinski definition) is 2. The van der Waals surface area contributed by atoms with Crippen molar-refractivity contribution in [1.82, 2.24) is 10.2 Å². The smallest absolute Gasteiger partial charge is 0.317 e. The van der Waals surface area contributed by atoms with Gasteiger partial charge >= 0.3 is 6.03 Å². The number of benzene rings is 1. The van der Waals surface area contributed by atoms with E-state index >= 15 is 0 Å². The summed E-state index contributed by atoms with van der Waals surface area (Å²) >= 11 is 0. The van der Waals surface area contributed by atoms with Crippen LogP contribution < -0.4 is 10.1 Å². The largest absolute Gasteiger partial charge is 0.496 e. The topological polar surface area (TPSA) is 61.8 Å². The molecule has 0 aromatic heterocycles. The van der Waals surface area contributed by atoms with Crippen LogP contribution in [-0.4, -0.2) is 49.4 Å². The number of nitrogens with one attached hydrogen (secondary N) is 1. The Morgan fingerprint density at radius 1 is 1.50 bits per heavy atom. The average molecular weight is 306 g/mol. The van der Waals surface area contributed by atoms with Gasteiger partial charge < -0.3 is 20.1 Å². The first-order valence-electron chi connectivity index (χ1n) is 7.81. The van der Waals surface area contributed by atoms with E-state index in [0.717, 1.165) is 36.1 Å². The number of methoxy groups -OCH3 is 1. The number of ether oxygens (including phenoxy) is 1. The van der Waals surface area contributed by atoms with E-state index in [2.05, 4.69) is 5.32 Å². The Bertz CT molecular complexity index is 515. The van der Waals surface area contributed by atoms with Crippen LogP contribution in [0, 0.1) is 12.8 Å². The Kier molecular flexibility index (Phi) is 5.66. The predicted octanol–water partition coefficient (Wildman–Crippen LogP) is 1.96. The summed E-state index contributed by atoms with van der Waals surface area (Å²) in [6, 6.07) is 5.93. The van der Waals surface area contributed by atoms with Gasteiger partial charge in [-0.25, -0.2) is 4.79 Å². The van der Waals surface area contributed by atoms with Gasteiger partial charge in [0.2, 0.25) is 0 Å². The molecule has 22 heavy (non-hydrogen) atoms. The fourth-order valence-electron chi connectivity index (χ4n) is 2.46. The molecule has 0 saturated heterocycles. The highest BCUT2D eigenvalue weighted by molar-refractivity contribution is 5.73. The first kappa shape index (κ1) is 16.6. The molecule has 0 spiro atoms. The van der Waals surface area contributed by atoms with E-state index in [0.29, 0.717) is 19.0 Å². The molecule has 1 aliphatic carbocycles. The van der Waals surface area contributed by atoms with E-state index in [1.807, 2.05) is 25.1 Å². The fourth-order valence-corrected chi connectivity index (χ4v) is 2.46. The maximum absolute atomic E-state index is 12.0. The van der Waals surface area contributed by atoms with Crippen molar-refractivity contribution < 1.29 is 14.6 Å². The Morgan fingerprint density at radius 2 is 2.23 bits per heavy atom. The Morgan fingerprint density at radius 3 is 2.86 bits per heavy atom. The van der Waals surface area contributed by atoms with Gasteiger partial charge in [-0.15, -0.1) is 0 Å². The highest BCUT2D eigenvalue weighted by Gasteiger charge is 2.31. The molecule has 1 saturated carbocycles. The van der Waals surface area contributed by atoms with E-state index in [1.54, 1.807) is 19.1 Å². The van der Waals surface area contributed by atoms with Gasteiger partial charge in [-0.05, 0) is 49.3 Å². The molecule has 2 rings (SSSR count). The number of carbonyl (C=O) groups excluding carboxylic acids is 1. The summed E-state index contributed by atoms with van der Waals surface area (Å²) in [5.74, 6) is 1.25. The van der Waals surface area contributed by atoms with Crippen LogP contribution in [0.5, 0.6) is 5.75 Å². The van der Waals surface area contributed by atoms with Crippen LogP contribution >= 0.6 is 0 Å². The first-order chi connectivity index (χ1) is 10.5. The molecule has 0 aliphatic heterocycles. The maximum Gasteiger partial charge on any atom is 0.317 e. The minimum atomic E-state index is -0.392. The molecular formula is C17H26N2O3. The third kappa shape index (κ3) is 4.63. The molecule has 5 heteroatoms. The number of hydrogen-bond acceptors (Lipinski definition) is 3. The summed E-state index contributed by atoms with van der Waals surface area (Å²) in [6.07, 6.45) is 2.51. The van der Waals surface area contributed by atoms with Gasteiger partial charge in [0.05, 0.1) is 13.2 Å². The summed E-state index contributed by atoms with van der Waals surface area (Å²) in [4.78, 5) is 13.5. The van der Waals surface area contributed by atoms with E-state index in [1.165, 1.54) is 0 Å². The highest BCUT2D eigenvalue weighted by Crippen LogP contribution is 2.32. The number of nitrogens with zero attached hydrogens (tertiary/aromatic N) is 1. The first-order valence-corrected chi connectivity index (χ1v) is 7.81. The molecule has 5 nitrogen and oxygen atoms in total. The lowest BCUT2D eigenvalue weighted by Gasteiger charge is -2.21. The van der Waals surface area contributed by atoms with Crippen molar-refractivity contribution in [3.05, 3.63) is 29.3 Å². The second-order valence-electron chi connectivity index (χ2n) is 6.07. The molecule has 2 N–H and O–H groups in total. The van der Waals surface area contributed by atoms with Crippen LogP contribution in [0.2, 0.25) is 0 Å². The second-order valence-corrected chi connectivity index (χ2v) is 6.07. The molecule has 1 fully saturated rings. The van der Waals surface area contributed by atoms with E-state index in [9.17, 15) is 9.90 Å². The Balaban J connectivity index is 1.74. The van der Waals surface area contributed by atoms with Crippen molar-refractivity contribution in [3.63, 3.8) is 0 Å². The number of aliphatic hydroxyl groups excluding tert-OH is 1. The number of aliphatic hydroxyl groups is 1. The van der Waals surface area contributed by atoms with E-state index in [-0.39, 0.29) is 6.03 Å². The van der Waals surface area contributed by atoms with Crippen molar-refractivity contribution in [1.29, 1.82) is 0 Å². The average Bonchev–Trinajstić information content (AvgIpc) is 3.33. The van der Waals surface area contributed by atoms with Crippen LogP contribution in [0.15, 0.2) is 18.2 Å². The van der Waals surface area contributed by atoms with Gasteiger partial charge in [0.25, 0.3) is 0 Å². The molecule has 1 atom stereocenters. The number of likely N-dealkylation sites (N-methyl/N-ethyl adjacent to an activating group) is 1. The molecule has 0 bridgehead atoms. The SMILES string of the molecule is COc1cc(CCNC(=O)N(C)CC(O)C2CC2)ccc1C. The standard InChI is InChI=1S/C17H26N2O3/c1-12-4-5-13(10-16(12)22-3)8-9-18-17(21)19(2)11-15(20)14-6-7-14/h4-5,10,14-15,20H,6-9,11H2,1-3H3,(H,18,21). The molecule has 0 radical (unpaired) electrons. The Hall–Kier alpha value is -1.75. The zero-order valence-corrected chi connectivity index (χ0v) is 13.6. The van der Waals surface area contributed by atoms with Crippen molar-refractivity contribution in [3.8, 4) is 5.75 Å². The summed E-state index contributed by atoms with van der Waals surface area (Å²) in [6.45, 7) is 2.97. The summed E-state index contributed by atoms with van der Waals surface area (Å²) in [7, 11) is 3.38. The quantitative estimate of drug-likeness (QED) is 0.809. The lowest BCUT2D eigenvalue weighted by molar-refractivity contribution is 0.113. The summed E-state index contributed by atoms with van der Waals surface area (Å²) in [5, 5.41) is 12.7. The number of carbonyl (C=O) groups is 1. The van der Waals surface area contributed by atoms with Crippen LogP contribution in [0.3, 0.4) is 0 Å². The zero-order chi connectivity index (χ0) is 16.1. The molecular weight excluding hydrogens is 280 g/mol. The van der Waals surface area contributed by atoms with E-state index in [4.69, 9.17) is 4.74 Å². The second kappa shape index (κ2) is 7.49. The lowest BCUT2D eigenvalue weighted by atomic mass is 10.1. The van der Waals surface area contributed by atoms with Gasteiger partial charge in [0.1, 0.15) is 5.75 Å². The fraction of sp³-hybridized carbons (Fsp3) is 0.588. The lowest BCUT2D eigenvalue weighted by Crippen LogP contribution is -2.42. The van der Waals surface area contributed by atoms with Gasteiger partial charge in [0, 0.05) is 20.1 Å². The van der Waals surface area contributed by atoms with Crippen molar-refractivity contribution in [2.24, 2.45) is 5.92 Å². The predicted molar refractivity (Wildman–Crippen MR) is 86.2 cm³/mol. The molecule has 122 valence electrons. The van der Waals surface area contributed by atoms with Crippen LogP contribution in [0.4, 0.5) is 4.79 Å². The molecule has 1 aliphatic rings. The maximum atomic E-state index is 12.0. The number of aryl methyl sites for hydroxylation is 1.